The standard InChI is InChI=1S/C16H33/c1-5-6-7-10-13-16(4)14-11-8-9-12-15(2)3/h14-16H,5-13H2,1-4H3. The van der Waals surface area contributed by atoms with Crippen LogP contribution in [0, 0.1) is 18.3 Å². The smallest absolute Gasteiger partial charge is 0.0358 e. The lowest BCUT2D eigenvalue weighted by Crippen LogP contribution is -1.96. The Kier molecular flexibility index (Phi) is 11.5. The van der Waals surface area contributed by atoms with Gasteiger partial charge in [0.15, 0.2) is 0 Å². The summed E-state index contributed by atoms with van der Waals surface area (Å²) in [7, 11) is 0. The van der Waals surface area contributed by atoms with Crippen molar-refractivity contribution in [3.63, 3.8) is 0 Å². The third-order valence-electron chi connectivity index (χ3n) is 3.32. The predicted molar refractivity (Wildman–Crippen MR) is 75.5 cm³/mol. The highest BCUT2D eigenvalue weighted by Gasteiger charge is 2.02. The van der Waals surface area contributed by atoms with Crippen LogP contribution in [0.15, 0.2) is 0 Å². The van der Waals surface area contributed by atoms with Crippen molar-refractivity contribution < 1.29 is 0 Å². The average Bonchev–Trinajstić information content (AvgIpc) is 2.23. The molecular formula is C16H33. The fraction of sp³-hybridized carbons (Fsp3) is 0.938. The normalized spacial score (nSPS) is 13.3. The van der Waals surface area contributed by atoms with Crippen molar-refractivity contribution >= 4 is 0 Å². The zero-order valence-electron chi connectivity index (χ0n) is 12.1. The highest BCUT2D eigenvalue weighted by Crippen LogP contribution is 2.17. The van der Waals surface area contributed by atoms with Crippen LogP contribution in [-0.4, -0.2) is 0 Å². The molecule has 0 heterocycles. The molecule has 1 atom stereocenters. The quantitative estimate of drug-likeness (QED) is 0.377. The van der Waals surface area contributed by atoms with Gasteiger partial charge in [0.1, 0.15) is 0 Å². The highest BCUT2D eigenvalue weighted by atomic mass is 14.1. The Bertz CT molecular complexity index is 126. The van der Waals surface area contributed by atoms with Gasteiger partial charge in [-0.05, 0) is 24.7 Å². The molecule has 0 saturated heterocycles. The van der Waals surface area contributed by atoms with Crippen molar-refractivity contribution in [2.45, 2.75) is 85.5 Å². The second-order valence-corrected chi connectivity index (χ2v) is 5.74. The maximum Gasteiger partial charge on any atom is -0.0358 e. The van der Waals surface area contributed by atoms with Crippen LogP contribution >= 0.6 is 0 Å². The lowest BCUT2D eigenvalue weighted by atomic mass is 9.95. The van der Waals surface area contributed by atoms with Gasteiger partial charge in [-0.1, -0.05) is 79.1 Å². The first kappa shape index (κ1) is 16.0. The van der Waals surface area contributed by atoms with Crippen molar-refractivity contribution in [2.75, 3.05) is 0 Å². The number of unbranched alkanes of at least 4 members (excludes halogenated alkanes) is 5. The summed E-state index contributed by atoms with van der Waals surface area (Å²) in [5, 5.41) is 0. The van der Waals surface area contributed by atoms with Gasteiger partial charge in [0.05, 0.1) is 0 Å². The molecule has 0 aromatic heterocycles. The van der Waals surface area contributed by atoms with Crippen LogP contribution < -0.4 is 0 Å². The van der Waals surface area contributed by atoms with E-state index in [9.17, 15) is 0 Å². The molecule has 0 heteroatoms. The molecule has 0 aromatic rings. The van der Waals surface area contributed by atoms with Crippen molar-refractivity contribution in [2.24, 2.45) is 11.8 Å². The molecule has 97 valence electrons. The van der Waals surface area contributed by atoms with E-state index in [1.807, 2.05) is 0 Å². The first-order valence-corrected chi connectivity index (χ1v) is 7.50. The first-order valence-electron chi connectivity index (χ1n) is 7.50. The zero-order chi connectivity index (χ0) is 12.2. The van der Waals surface area contributed by atoms with Crippen LogP contribution in [0.4, 0.5) is 0 Å². The Morgan fingerprint density at radius 2 is 1.50 bits per heavy atom. The van der Waals surface area contributed by atoms with Gasteiger partial charge < -0.3 is 0 Å². The molecule has 0 fully saturated rings. The second kappa shape index (κ2) is 11.5. The molecule has 0 N–H and O–H groups in total. The fourth-order valence-corrected chi connectivity index (χ4v) is 2.11. The van der Waals surface area contributed by atoms with Crippen molar-refractivity contribution in [1.82, 2.24) is 0 Å². The van der Waals surface area contributed by atoms with Crippen LogP contribution in [0.2, 0.25) is 0 Å². The summed E-state index contributed by atoms with van der Waals surface area (Å²) >= 11 is 0. The summed E-state index contributed by atoms with van der Waals surface area (Å²) in [5.41, 5.74) is 0. The van der Waals surface area contributed by atoms with Crippen LogP contribution in [0.3, 0.4) is 0 Å². The zero-order valence-corrected chi connectivity index (χ0v) is 12.1. The van der Waals surface area contributed by atoms with Gasteiger partial charge in [0.25, 0.3) is 0 Å². The first-order chi connectivity index (χ1) is 7.66. The summed E-state index contributed by atoms with van der Waals surface area (Å²) in [5.74, 6) is 1.72. The van der Waals surface area contributed by atoms with Gasteiger partial charge in [-0.15, -0.1) is 0 Å². The Balaban J connectivity index is 3.14. The molecule has 1 unspecified atom stereocenters. The molecule has 1 radical (unpaired) electrons. The average molecular weight is 225 g/mol. The van der Waals surface area contributed by atoms with Gasteiger partial charge in [-0.25, -0.2) is 0 Å². The van der Waals surface area contributed by atoms with E-state index < -0.39 is 0 Å². The van der Waals surface area contributed by atoms with E-state index >= 15 is 0 Å². The van der Waals surface area contributed by atoms with E-state index in [-0.39, 0.29) is 0 Å². The number of hydrogen-bond donors (Lipinski definition) is 0. The van der Waals surface area contributed by atoms with Gasteiger partial charge in [0, 0.05) is 0 Å². The molecule has 0 spiro atoms. The summed E-state index contributed by atoms with van der Waals surface area (Å²) in [6.45, 7) is 9.30. The molecule has 0 bridgehead atoms. The SMILES string of the molecule is CCCCCCC(C)[CH]CCCCC(C)C. The molecule has 0 aliphatic heterocycles. The Morgan fingerprint density at radius 1 is 0.812 bits per heavy atom. The monoisotopic (exact) mass is 225 g/mol. The summed E-state index contributed by atoms with van der Waals surface area (Å²) in [6, 6.07) is 0. The van der Waals surface area contributed by atoms with Gasteiger partial charge in [-0.2, -0.15) is 0 Å². The molecule has 0 rings (SSSR count). The van der Waals surface area contributed by atoms with E-state index in [1.54, 1.807) is 0 Å². The van der Waals surface area contributed by atoms with E-state index in [2.05, 4.69) is 34.1 Å². The Hall–Kier alpha value is 0. The highest BCUT2D eigenvalue weighted by molar-refractivity contribution is 4.72. The summed E-state index contributed by atoms with van der Waals surface area (Å²) in [6.07, 6.45) is 15.1. The molecule has 0 aliphatic carbocycles. The van der Waals surface area contributed by atoms with Crippen molar-refractivity contribution in [3.05, 3.63) is 6.42 Å². The predicted octanol–water partition coefficient (Wildman–Crippen LogP) is 6.01. The van der Waals surface area contributed by atoms with Gasteiger partial charge >= 0.3 is 0 Å². The summed E-state index contributed by atoms with van der Waals surface area (Å²) in [4.78, 5) is 0. The van der Waals surface area contributed by atoms with Crippen LogP contribution in [0.25, 0.3) is 0 Å². The topological polar surface area (TPSA) is 0 Å². The maximum absolute atomic E-state index is 2.55. The number of hydrogen-bond acceptors (Lipinski definition) is 0. The lowest BCUT2D eigenvalue weighted by Gasteiger charge is -2.10. The van der Waals surface area contributed by atoms with Gasteiger partial charge in [0.2, 0.25) is 0 Å². The number of rotatable bonds is 11. The minimum Gasteiger partial charge on any atom is -0.0654 e. The molecule has 0 saturated carbocycles. The molecule has 0 aliphatic rings. The Morgan fingerprint density at radius 3 is 2.12 bits per heavy atom. The Labute approximate surface area is 104 Å². The fourth-order valence-electron chi connectivity index (χ4n) is 2.11. The maximum atomic E-state index is 2.55. The van der Waals surface area contributed by atoms with E-state index in [4.69, 9.17) is 0 Å². The van der Waals surface area contributed by atoms with Gasteiger partial charge in [-0.3, -0.25) is 0 Å². The minimum absolute atomic E-state index is 0.843. The van der Waals surface area contributed by atoms with Crippen LogP contribution in [-0.2, 0) is 0 Å². The molecular weight excluding hydrogens is 192 g/mol. The van der Waals surface area contributed by atoms with Crippen molar-refractivity contribution in [3.8, 4) is 0 Å². The van der Waals surface area contributed by atoms with E-state index in [1.165, 1.54) is 57.8 Å². The van der Waals surface area contributed by atoms with Crippen LogP contribution in [0.5, 0.6) is 0 Å². The molecule has 0 amide bonds. The summed E-state index contributed by atoms with van der Waals surface area (Å²) < 4.78 is 0. The van der Waals surface area contributed by atoms with Crippen molar-refractivity contribution in [1.29, 1.82) is 0 Å². The third-order valence-corrected chi connectivity index (χ3v) is 3.32. The third kappa shape index (κ3) is 12.1. The molecule has 16 heavy (non-hydrogen) atoms. The van der Waals surface area contributed by atoms with E-state index in [0.29, 0.717) is 0 Å². The van der Waals surface area contributed by atoms with Crippen LogP contribution in [0.1, 0.15) is 85.5 Å². The van der Waals surface area contributed by atoms with E-state index in [0.717, 1.165) is 11.8 Å². The minimum atomic E-state index is 0.843. The lowest BCUT2D eigenvalue weighted by molar-refractivity contribution is 0.498. The molecule has 0 nitrogen and oxygen atoms in total. The second-order valence-electron chi connectivity index (χ2n) is 5.74. The largest absolute Gasteiger partial charge is 0.0654 e. The molecule has 0 aromatic carbocycles.